The standard InChI is InChI=1S/C22H28N4O3S/c1-16-21(30-24-23-16)22(28)25-13-10-17(11-14-25)19-9-5-6-12-26(19)20(27)15-29-18-7-3-2-4-8-18/h2-4,7-8,17,19H,5-6,9-15H2,1H3. The number of amides is 2. The summed E-state index contributed by atoms with van der Waals surface area (Å²) in [6.07, 6.45) is 5.07. The van der Waals surface area contributed by atoms with E-state index in [9.17, 15) is 9.59 Å². The van der Waals surface area contributed by atoms with E-state index in [2.05, 4.69) is 9.59 Å². The summed E-state index contributed by atoms with van der Waals surface area (Å²) in [5.74, 6) is 1.25. The van der Waals surface area contributed by atoms with Crippen LogP contribution < -0.4 is 4.74 Å². The average Bonchev–Trinajstić information content (AvgIpc) is 3.23. The van der Waals surface area contributed by atoms with Gasteiger partial charge in [-0.1, -0.05) is 22.7 Å². The van der Waals surface area contributed by atoms with E-state index in [0.717, 1.165) is 57.5 Å². The molecule has 0 N–H and O–H groups in total. The van der Waals surface area contributed by atoms with Crippen molar-refractivity contribution in [3.63, 3.8) is 0 Å². The number of nitrogens with zero attached hydrogens (tertiary/aromatic N) is 4. The van der Waals surface area contributed by atoms with Gasteiger partial charge in [0.25, 0.3) is 11.8 Å². The van der Waals surface area contributed by atoms with Gasteiger partial charge in [-0.2, -0.15) is 0 Å². The van der Waals surface area contributed by atoms with Gasteiger partial charge in [0.15, 0.2) is 6.61 Å². The molecule has 1 atom stereocenters. The van der Waals surface area contributed by atoms with Gasteiger partial charge in [-0.15, -0.1) is 5.10 Å². The van der Waals surface area contributed by atoms with Gasteiger partial charge < -0.3 is 14.5 Å². The maximum Gasteiger partial charge on any atom is 0.267 e. The van der Waals surface area contributed by atoms with Crippen molar-refractivity contribution in [1.29, 1.82) is 0 Å². The molecule has 0 bridgehead atoms. The summed E-state index contributed by atoms with van der Waals surface area (Å²) in [4.78, 5) is 30.2. The summed E-state index contributed by atoms with van der Waals surface area (Å²) in [7, 11) is 0. The molecule has 2 amide bonds. The fraction of sp³-hybridized carbons (Fsp3) is 0.545. The maximum absolute atomic E-state index is 12.9. The molecule has 2 aliphatic heterocycles. The van der Waals surface area contributed by atoms with Crippen molar-refractivity contribution < 1.29 is 14.3 Å². The Morgan fingerprint density at radius 2 is 1.87 bits per heavy atom. The van der Waals surface area contributed by atoms with Crippen molar-refractivity contribution >= 4 is 23.3 Å². The third-order valence-corrected chi connectivity index (χ3v) is 7.01. The van der Waals surface area contributed by atoms with E-state index < -0.39 is 0 Å². The van der Waals surface area contributed by atoms with Gasteiger partial charge in [0.05, 0.1) is 5.69 Å². The molecule has 0 spiro atoms. The lowest BCUT2D eigenvalue weighted by atomic mass is 9.83. The average molecular weight is 429 g/mol. The van der Waals surface area contributed by atoms with E-state index in [1.165, 1.54) is 11.5 Å². The second-order valence-corrected chi connectivity index (χ2v) is 8.82. The summed E-state index contributed by atoms with van der Waals surface area (Å²) in [5, 5.41) is 3.95. The van der Waals surface area contributed by atoms with Gasteiger partial charge in [-0.05, 0) is 68.6 Å². The van der Waals surface area contributed by atoms with Crippen molar-refractivity contribution in [2.45, 2.75) is 45.1 Å². The molecule has 2 fully saturated rings. The van der Waals surface area contributed by atoms with Crippen molar-refractivity contribution in [3.05, 3.63) is 40.9 Å². The molecule has 8 heteroatoms. The topological polar surface area (TPSA) is 75.6 Å². The molecule has 4 rings (SSSR count). The smallest absolute Gasteiger partial charge is 0.267 e. The van der Waals surface area contributed by atoms with Crippen molar-refractivity contribution in [1.82, 2.24) is 19.4 Å². The van der Waals surface area contributed by atoms with Crippen LogP contribution in [0, 0.1) is 12.8 Å². The van der Waals surface area contributed by atoms with Crippen molar-refractivity contribution in [2.75, 3.05) is 26.2 Å². The number of likely N-dealkylation sites (tertiary alicyclic amines) is 2. The number of para-hydroxylation sites is 1. The molecule has 1 aromatic carbocycles. The molecule has 2 aromatic rings. The number of hydrogen-bond acceptors (Lipinski definition) is 6. The lowest BCUT2D eigenvalue weighted by molar-refractivity contribution is -0.139. The van der Waals surface area contributed by atoms with Crippen molar-refractivity contribution in [3.8, 4) is 5.75 Å². The molecular formula is C22H28N4O3S. The molecule has 0 aliphatic carbocycles. The number of piperidine rings is 2. The maximum atomic E-state index is 12.9. The molecule has 0 radical (unpaired) electrons. The monoisotopic (exact) mass is 428 g/mol. The molecule has 1 aromatic heterocycles. The lowest BCUT2D eigenvalue weighted by Crippen LogP contribution is -2.52. The molecule has 1 unspecified atom stereocenters. The largest absolute Gasteiger partial charge is 0.484 e. The van der Waals surface area contributed by atoms with E-state index >= 15 is 0 Å². The van der Waals surface area contributed by atoms with E-state index in [4.69, 9.17) is 4.74 Å². The van der Waals surface area contributed by atoms with E-state index in [1.807, 2.05) is 47.1 Å². The SMILES string of the molecule is Cc1nnsc1C(=O)N1CCC(C2CCCCN2C(=O)COc2ccccc2)CC1. The van der Waals surface area contributed by atoms with Crippen LogP contribution in [0.3, 0.4) is 0 Å². The highest BCUT2D eigenvalue weighted by Crippen LogP contribution is 2.31. The first-order valence-corrected chi connectivity index (χ1v) is 11.5. The van der Waals surface area contributed by atoms with E-state index in [0.29, 0.717) is 16.5 Å². The summed E-state index contributed by atoms with van der Waals surface area (Å²) in [6.45, 7) is 4.15. The normalized spacial score (nSPS) is 20.2. The molecule has 7 nitrogen and oxygen atoms in total. The second kappa shape index (κ2) is 9.55. The van der Waals surface area contributed by atoms with Crippen molar-refractivity contribution in [2.24, 2.45) is 5.92 Å². The Morgan fingerprint density at radius 3 is 2.57 bits per heavy atom. The van der Waals surface area contributed by atoms with Gasteiger partial charge in [0.2, 0.25) is 0 Å². The quantitative estimate of drug-likeness (QED) is 0.731. The van der Waals surface area contributed by atoms with Crippen LogP contribution in [-0.2, 0) is 4.79 Å². The fourth-order valence-corrected chi connectivity index (χ4v) is 5.19. The van der Waals surface area contributed by atoms with Crippen LogP contribution in [0.5, 0.6) is 5.75 Å². The number of carbonyl (C=O) groups is 2. The predicted octanol–water partition coefficient (Wildman–Crippen LogP) is 3.16. The van der Waals surface area contributed by atoms with Gasteiger partial charge in [0, 0.05) is 25.7 Å². The van der Waals surface area contributed by atoms with Crippen LogP contribution in [0.2, 0.25) is 0 Å². The predicted molar refractivity (Wildman–Crippen MR) is 115 cm³/mol. The number of aromatic nitrogens is 2. The highest BCUT2D eigenvalue weighted by molar-refractivity contribution is 7.07. The van der Waals surface area contributed by atoms with E-state index in [-0.39, 0.29) is 24.5 Å². The van der Waals surface area contributed by atoms with Crippen LogP contribution >= 0.6 is 11.5 Å². The molecule has 2 aliphatic rings. The number of aryl methyl sites for hydroxylation is 1. The zero-order valence-corrected chi connectivity index (χ0v) is 18.1. The third kappa shape index (κ3) is 4.64. The third-order valence-electron chi connectivity index (χ3n) is 6.19. The minimum absolute atomic E-state index is 0.0359. The van der Waals surface area contributed by atoms with Gasteiger partial charge in [-0.25, -0.2) is 0 Å². The van der Waals surface area contributed by atoms with Crippen LogP contribution in [0.1, 0.15) is 47.5 Å². The summed E-state index contributed by atoms with van der Waals surface area (Å²) in [6, 6.07) is 9.72. The zero-order valence-electron chi connectivity index (χ0n) is 17.3. The summed E-state index contributed by atoms with van der Waals surface area (Å²) < 4.78 is 9.59. The zero-order chi connectivity index (χ0) is 20.9. The molecule has 3 heterocycles. The van der Waals surface area contributed by atoms with Crippen LogP contribution in [0.15, 0.2) is 30.3 Å². The Labute approximate surface area is 181 Å². The van der Waals surface area contributed by atoms with Crippen LogP contribution in [0.4, 0.5) is 0 Å². The van der Waals surface area contributed by atoms with Gasteiger partial charge in [0.1, 0.15) is 10.6 Å². The number of benzene rings is 1. The minimum atomic E-state index is 0.0359. The van der Waals surface area contributed by atoms with Gasteiger partial charge in [-0.3, -0.25) is 9.59 Å². The lowest BCUT2D eigenvalue weighted by Gasteiger charge is -2.43. The first kappa shape index (κ1) is 20.8. The summed E-state index contributed by atoms with van der Waals surface area (Å²) in [5.41, 5.74) is 0.703. The number of hydrogen-bond donors (Lipinski definition) is 0. The molecular weight excluding hydrogens is 400 g/mol. The molecule has 0 saturated carbocycles. The van der Waals surface area contributed by atoms with E-state index in [1.54, 1.807) is 0 Å². The highest BCUT2D eigenvalue weighted by Gasteiger charge is 2.36. The fourth-order valence-electron chi connectivity index (χ4n) is 4.56. The molecule has 160 valence electrons. The highest BCUT2D eigenvalue weighted by atomic mass is 32.1. The molecule has 30 heavy (non-hydrogen) atoms. The first-order valence-electron chi connectivity index (χ1n) is 10.7. The Bertz CT molecular complexity index is 864. The molecule has 2 saturated heterocycles. The Morgan fingerprint density at radius 1 is 1.10 bits per heavy atom. The number of carbonyl (C=O) groups excluding carboxylic acids is 2. The van der Waals surface area contributed by atoms with Crippen LogP contribution in [-0.4, -0.2) is 63.5 Å². The number of ether oxygens (including phenoxy) is 1. The first-order chi connectivity index (χ1) is 14.6. The minimum Gasteiger partial charge on any atom is -0.484 e. The Kier molecular flexibility index (Phi) is 6.62. The van der Waals surface area contributed by atoms with Gasteiger partial charge >= 0.3 is 0 Å². The Hall–Kier alpha value is -2.48. The number of rotatable bonds is 5. The Balaban J connectivity index is 1.33. The summed E-state index contributed by atoms with van der Waals surface area (Å²) >= 11 is 1.17. The van der Waals surface area contributed by atoms with Crippen LogP contribution in [0.25, 0.3) is 0 Å². The second-order valence-electron chi connectivity index (χ2n) is 8.07.